The van der Waals surface area contributed by atoms with Gasteiger partial charge in [-0.2, -0.15) is 0 Å². The number of nitrogens with one attached hydrogen (secondary N) is 1. The molecule has 3 N–H and O–H groups in total. The number of benzene rings is 2. The predicted molar refractivity (Wildman–Crippen MR) is 150 cm³/mol. The molecule has 0 saturated carbocycles. The summed E-state index contributed by atoms with van der Waals surface area (Å²) >= 11 is 0. The number of aryl methyl sites for hydroxylation is 1. The normalized spacial score (nSPS) is 14.6. The van der Waals surface area contributed by atoms with Crippen LogP contribution in [0.5, 0.6) is 5.75 Å². The third-order valence-electron chi connectivity index (χ3n) is 6.78. The van der Waals surface area contributed by atoms with E-state index in [-0.39, 0.29) is 23.5 Å². The summed E-state index contributed by atoms with van der Waals surface area (Å²) in [5.41, 5.74) is 10.7. The van der Waals surface area contributed by atoms with Crippen molar-refractivity contribution in [2.75, 3.05) is 19.6 Å². The highest BCUT2D eigenvalue weighted by molar-refractivity contribution is 5.98. The van der Waals surface area contributed by atoms with Gasteiger partial charge in [0.1, 0.15) is 11.6 Å². The van der Waals surface area contributed by atoms with E-state index in [0.717, 1.165) is 33.8 Å². The van der Waals surface area contributed by atoms with Crippen LogP contribution in [0.1, 0.15) is 69.2 Å². The minimum Gasteiger partial charge on any atom is -0.490 e. The zero-order valence-electron chi connectivity index (χ0n) is 23.5. The average molecular weight is 518 g/mol. The first-order valence-electron chi connectivity index (χ1n) is 13.2. The number of nitrogens with two attached hydrogens (primary N) is 1. The smallest absolute Gasteiger partial charge is 0.317 e. The van der Waals surface area contributed by atoms with Crippen LogP contribution in [0.15, 0.2) is 42.6 Å². The van der Waals surface area contributed by atoms with Crippen molar-refractivity contribution >= 4 is 11.9 Å². The first-order valence-corrected chi connectivity index (χ1v) is 13.2. The Labute approximate surface area is 225 Å². The molecule has 0 radical (unpaired) electrons. The van der Waals surface area contributed by atoms with Crippen LogP contribution >= 0.6 is 0 Å². The minimum absolute atomic E-state index is 0.0655. The molecular formula is C30H39N5O3. The number of aromatic nitrogens is 2. The molecule has 202 valence electrons. The Morgan fingerprint density at radius 1 is 1.11 bits per heavy atom. The number of ether oxygens (including phenoxy) is 1. The molecule has 1 aliphatic rings. The molecule has 1 atom stereocenters. The third kappa shape index (κ3) is 5.54. The van der Waals surface area contributed by atoms with Gasteiger partial charge in [-0.1, -0.05) is 52.0 Å². The summed E-state index contributed by atoms with van der Waals surface area (Å²) in [6.45, 7) is 14.1. The summed E-state index contributed by atoms with van der Waals surface area (Å²) < 4.78 is 8.30. The van der Waals surface area contributed by atoms with Crippen molar-refractivity contribution in [1.82, 2.24) is 19.8 Å². The zero-order chi connectivity index (χ0) is 27.8. The summed E-state index contributed by atoms with van der Waals surface area (Å²) in [5, 5.41) is 2.85. The third-order valence-corrected chi connectivity index (χ3v) is 6.78. The maximum Gasteiger partial charge on any atom is 0.317 e. The molecule has 3 aromatic rings. The molecule has 8 heteroatoms. The molecule has 0 bridgehead atoms. The van der Waals surface area contributed by atoms with Gasteiger partial charge in [0.2, 0.25) is 5.91 Å². The van der Waals surface area contributed by atoms with Gasteiger partial charge in [-0.3, -0.25) is 4.79 Å². The summed E-state index contributed by atoms with van der Waals surface area (Å²) in [4.78, 5) is 31.5. The molecule has 4 rings (SSSR count). The fourth-order valence-corrected chi connectivity index (χ4v) is 5.19. The van der Waals surface area contributed by atoms with Crippen molar-refractivity contribution in [3.8, 4) is 28.1 Å². The number of nitrogens with zero attached hydrogens (tertiary/aromatic N) is 3. The molecule has 0 aliphatic carbocycles. The van der Waals surface area contributed by atoms with Crippen LogP contribution < -0.4 is 15.8 Å². The summed E-state index contributed by atoms with van der Waals surface area (Å²) in [6.07, 6.45) is 1.98. The molecule has 1 aromatic heterocycles. The van der Waals surface area contributed by atoms with E-state index in [4.69, 9.17) is 15.5 Å². The molecule has 0 spiro atoms. The summed E-state index contributed by atoms with van der Waals surface area (Å²) in [5.74, 6) is 1.03. The number of hydrogen-bond acceptors (Lipinski definition) is 4. The molecule has 3 amide bonds. The molecule has 1 aliphatic heterocycles. The van der Waals surface area contributed by atoms with Gasteiger partial charge in [0.05, 0.1) is 11.8 Å². The SMILES string of the molecule is CC(C)Oc1ccc(C(N)=O)c(C(C)CN2CCNC2=O)c1-c1ccc(-c2cn(C)c(C(C)(C)C)n2)cc1. The van der Waals surface area contributed by atoms with Gasteiger partial charge in [-0.15, -0.1) is 0 Å². The van der Waals surface area contributed by atoms with Crippen LogP contribution in [-0.2, 0) is 12.5 Å². The second-order valence-electron chi connectivity index (χ2n) is 11.4. The van der Waals surface area contributed by atoms with Gasteiger partial charge in [0.15, 0.2) is 0 Å². The maximum absolute atomic E-state index is 12.6. The lowest BCUT2D eigenvalue weighted by molar-refractivity contribution is 0.0999. The highest BCUT2D eigenvalue weighted by Gasteiger charge is 2.28. The number of imidazole rings is 1. The number of carbonyl (C=O) groups is 2. The average Bonchev–Trinajstić information content (AvgIpc) is 3.43. The minimum atomic E-state index is -0.505. The van der Waals surface area contributed by atoms with Gasteiger partial charge in [0, 0.05) is 60.9 Å². The predicted octanol–water partition coefficient (Wildman–Crippen LogP) is 5.07. The molecule has 1 fully saturated rings. The van der Waals surface area contributed by atoms with Crippen LogP contribution in [0.4, 0.5) is 4.79 Å². The Balaban J connectivity index is 1.81. The van der Waals surface area contributed by atoms with E-state index in [1.807, 2.05) is 64.3 Å². The molecule has 2 aromatic carbocycles. The van der Waals surface area contributed by atoms with Crippen molar-refractivity contribution in [3.63, 3.8) is 0 Å². The first kappa shape index (κ1) is 27.2. The molecule has 38 heavy (non-hydrogen) atoms. The van der Waals surface area contributed by atoms with Crippen molar-refractivity contribution in [3.05, 3.63) is 59.5 Å². The van der Waals surface area contributed by atoms with Crippen molar-refractivity contribution in [2.45, 2.75) is 59.0 Å². The van der Waals surface area contributed by atoms with Crippen molar-refractivity contribution < 1.29 is 14.3 Å². The Hall–Kier alpha value is -3.81. The molecule has 1 unspecified atom stereocenters. The quantitative estimate of drug-likeness (QED) is 0.436. The van der Waals surface area contributed by atoms with Crippen LogP contribution in [0.2, 0.25) is 0 Å². The fraction of sp³-hybridized carbons (Fsp3) is 0.433. The topological polar surface area (TPSA) is 102 Å². The van der Waals surface area contributed by atoms with Crippen LogP contribution in [0.25, 0.3) is 22.4 Å². The van der Waals surface area contributed by atoms with Crippen molar-refractivity contribution in [1.29, 1.82) is 0 Å². The lowest BCUT2D eigenvalue weighted by Gasteiger charge is -2.26. The zero-order valence-corrected chi connectivity index (χ0v) is 23.5. The first-order chi connectivity index (χ1) is 17.9. The van der Waals surface area contributed by atoms with Gasteiger partial charge < -0.3 is 25.3 Å². The number of rotatable bonds is 8. The monoisotopic (exact) mass is 517 g/mol. The second kappa shape index (κ2) is 10.5. The number of primary amides is 1. The number of carbonyl (C=O) groups excluding carboxylic acids is 2. The molecule has 1 saturated heterocycles. The molecular weight excluding hydrogens is 478 g/mol. The van der Waals surface area contributed by atoms with E-state index in [9.17, 15) is 9.59 Å². The van der Waals surface area contributed by atoms with Gasteiger partial charge >= 0.3 is 6.03 Å². The van der Waals surface area contributed by atoms with E-state index >= 15 is 0 Å². The number of hydrogen-bond donors (Lipinski definition) is 2. The van der Waals surface area contributed by atoms with E-state index < -0.39 is 5.91 Å². The van der Waals surface area contributed by atoms with Gasteiger partial charge in [-0.25, -0.2) is 9.78 Å². The Morgan fingerprint density at radius 3 is 2.29 bits per heavy atom. The molecule has 2 heterocycles. The van der Waals surface area contributed by atoms with Crippen molar-refractivity contribution in [2.24, 2.45) is 12.8 Å². The van der Waals surface area contributed by atoms with Crippen LogP contribution in [0, 0.1) is 0 Å². The van der Waals surface area contributed by atoms with Gasteiger partial charge in [0.25, 0.3) is 0 Å². The van der Waals surface area contributed by atoms with E-state index in [1.54, 1.807) is 11.0 Å². The maximum atomic E-state index is 12.6. The highest BCUT2D eigenvalue weighted by atomic mass is 16.5. The highest BCUT2D eigenvalue weighted by Crippen LogP contribution is 2.41. The summed E-state index contributed by atoms with van der Waals surface area (Å²) in [7, 11) is 2.02. The van der Waals surface area contributed by atoms with E-state index in [2.05, 4.69) is 30.7 Å². The van der Waals surface area contributed by atoms with E-state index in [1.165, 1.54) is 0 Å². The van der Waals surface area contributed by atoms with Crippen LogP contribution in [-0.4, -0.2) is 52.1 Å². The lowest BCUT2D eigenvalue weighted by Crippen LogP contribution is -2.32. The Bertz CT molecular complexity index is 1340. The summed E-state index contributed by atoms with van der Waals surface area (Å²) in [6, 6.07) is 11.6. The number of urea groups is 1. The standard InChI is InChI=1S/C30H39N5O3/c1-18(2)38-24-13-12-22(27(31)36)25(19(3)16-35-15-14-32-29(35)37)26(24)21-10-8-20(9-11-21)23-17-34(7)28(33-23)30(4,5)6/h8-13,17-19H,14-16H2,1-7H3,(H2,31,36)(H,32,37). The molecule has 8 nitrogen and oxygen atoms in total. The number of amides is 3. The lowest BCUT2D eigenvalue weighted by atomic mass is 9.86. The van der Waals surface area contributed by atoms with Gasteiger partial charge in [-0.05, 0) is 37.1 Å². The second-order valence-corrected chi connectivity index (χ2v) is 11.4. The fourth-order valence-electron chi connectivity index (χ4n) is 5.19. The Kier molecular flexibility index (Phi) is 7.54. The van der Waals surface area contributed by atoms with Crippen LogP contribution in [0.3, 0.4) is 0 Å². The van der Waals surface area contributed by atoms with E-state index in [0.29, 0.717) is 30.9 Å². The Morgan fingerprint density at radius 2 is 1.76 bits per heavy atom. The largest absolute Gasteiger partial charge is 0.490 e.